The van der Waals surface area contributed by atoms with Crippen LogP contribution in [0.25, 0.3) is 0 Å². The van der Waals surface area contributed by atoms with E-state index in [1.807, 2.05) is 0 Å². The fraction of sp³-hybridized carbons (Fsp3) is 0.565. The zero-order chi connectivity index (χ0) is 27.1. The van der Waals surface area contributed by atoms with Crippen LogP contribution >= 0.6 is 0 Å². The molecule has 5 unspecified atom stereocenters. The van der Waals surface area contributed by atoms with E-state index in [0.717, 1.165) is 4.57 Å². The van der Waals surface area contributed by atoms with Crippen LogP contribution in [-0.4, -0.2) is 65.3 Å². The molecule has 0 bridgehead atoms. The van der Waals surface area contributed by atoms with E-state index in [2.05, 4.69) is 21.6 Å². The minimum Gasteiger partial charge on any atom is -0.468 e. The van der Waals surface area contributed by atoms with Crippen molar-refractivity contribution < 1.29 is 32.9 Å². The summed E-state index contributed by atoms with van der Waals surface area (Å²) in [5.41, 5.74) is 9.70. The summed E-state index contributed by atoms with van der Waals surface area (Å²) in [6.45, 7) is 7.66. The van der Waals surface area contributed by atoms with Crippen molar-refractivity contribution >= 4 is 17.6 Å². The molecule has 0 aromatic carbocycles. The first-order valence-corrected chi connectivity index (χ1v) is 11.2. The van der Waals surface area contributed by atoms with Gasteiger partial charge in [-0.25, -0.2) is 9.18 Å². The number of Topliss-reactive ketones (excluding diaryl/α,β-unsaturated/α-hetero) is 1. The number of alkyl halides is 1. The van der Waals surface area contributed by atoms with Gasteiger partial charge in [-0.2, -0.15) is 4.98 Å². The minimum absolute atomic E-state index is 0.000243. The lowest BCUT2D eigenvalue weighted by atomic mass is 9.96. The first-order chi connectivity index (χ1) is 16.8. The van der Waals surface area contributed by atoms with Crippen LogP contribution < -0.4 is 22.5 Å². The summed E-state index contributed by atoms with van der Waals surface area (Å²) < 4.78 is 37.9. The van der Waals surface area contributed by atoms with Gasteiger partial charge in [0, 0.05) is 25.6 Å². The molecule has 1 aliphatic rings. The first kappa shape index (κ1) is 29.1. The van der Waals surface area contributed by atoms with Crippen LogP contribution in [0.15, 0.2) is 41.5 Å². The third-order valence-electron chi connectivity index (χ3n) is 5.37. The lowest BCUT2D eigenvalue weighted by molar-refractivity contribution is -0.222. The number of nitrogens with two attached hydrogens (primary N) is 2. The fourth-order valence-corrected chi connectivity index (χ4v) is 3.65. The Balaban J connectivity index is 2.11. The van der Waals surface area contributed by atoms with Gasteiger partial charge in [0.1, 0.15) is 18.5 Å². The molecule has 0 spiro atoms. The summed E-state index contributed by atoms with van der Waals surface area (Å²) in [5, 5.41) is 2.85. The third-order valence-corrected chi connectivity index (χ3v) is 5.37. The maximum Gasteiger partial charge on any atom is 0.351 e. The van der Waals surface area contributed by atoms with Crippen LogP contribution in [0.2, 0.25) is 0 Å². The normalized spacial score (nSPS) is 25.7. The summed E-state index contributed by atoms with van der Waals surface area (Å²) >= 11 is 0. The molecule has 2 rings (SSSR count). The molecule has 2 heterocycles. The number of carbonyl (C=O) groups is 2. The molecular formula is C23H34FN5O7. The number of ketones is 1. The largest absolute Gasteiger partial charge is 0.468 e. The molecular weight excluding hydrogens is 477 g/mol. The Morgan fingerprint density at radius 1 is 1.50 bits per heavy atom. The molecule has 1 fully saturated rings. The van der Waals surface area contributed by atoms with Crippen LogP contribution in [-0.2, 0) is 28.5 Å². The molecule has 12 nitrogen and oxygen atoms in total. The average molecular weight is 512 g/mol. The van der Waals surface area contributed by atoms with Crippen molar-refractivity contribution in [3.63, 3.8) is 0 Å². The average Bonchev–Trinajstić information content (AvgIpc) is 3.04. The Bertz CT molecular complexity index is 1040. The predicted octanol–water partition coefficient (Wildman–Crippen LogP) is 0.687. The molecule has 0 radical (unpaired) electrons. The van der Waals surface area contributed by atoms with E-state index in [1.54, 1.807) is 13.8 Å². The van der Waals surface area contributed by atoms with Crippen molar-refractivity contribution in [2.45, 2.75) is 63.6 Å². The molecule has 1 aromatic heterocycles. The van der Waals surface area contributed by atoms with Gasteiger partial charge >= 0.3 is 11.7 Å². The summed E-state index contributed by atoms with van der Waals surface area (Å²) in [7, 11) is 1.26. The number of nitrogens with zero attached hydrogens (tertiary/aromatic N) is 2. The Morgan fingerprint density at radius 3 is 2.81 bits per heavy atom. The number of anilines is 1. The number of methoxy groups -OCH3 is 1. The third kappa shape index (κ3) is 7.68. The van der Waals surface area contributed by atoms with Gasteiger partial charge in [-0.15, -0.1) is 0 Å². The number of esters is 1. The summed E-state index contributed by atoms with van der Waals surface area (Å²) in [6, 6.07) is 0.735. The number of halogens is 1. The van der Waals surface area contributed by atoms with Gasteiger partial charge in [-0.1, -0.05) is 12.7 Å². The number of allylic oxidation sites excluding steroid dienone is 3. The molecule has 0 saturated carbocycles. The highest BCUT2D eigenvalue weighted by molar-refractivity contribution is 5.82. The van der Waals surface area contributed by atoms with Gasteiger partial charge in [0.25, 0.3) is 6.29 Å². The molecule has 0 aliphatic carbocycles. The highest BCUT2D eigenvalue weighted by atomic mass is 19.2. The number of hydrogen-bond acceptors (Lipinski definition) is 11. The molecule has 5 atom stereocenters. The highest BCUT2D eigenvalue weighted by Crippen LogP contribution is 2.43. The molecule has 1 aromatic rings. The monoisotopic (exact) mass is 511 g/mol. The minimum atomic E-state index is -2.44. The van der Waals surface area contributed by atoms with E-state index in [9.17, 15) is 14.4 Å². The highest BCUT2D eigenvalue weighted by Gasteiger charge is 2.54. The van der Waals surface area contributed by atoms with Crippen LogP contribution in [0, 0.1) is 0 Å². The van der Waals surface area contributed by atoms with Gasteiger partial charge in [-0.05, 0) is 32.9 Å². The molecule has 13 heteroatoms. The van der Waals surface area contributed by atoms with Crippen LogP contribution in [0.4, 0.5) is 10.2 Å². The second kappa shape index (κ2) is 12.2. The van der Waals surface area contributed by atoms with E-state index in [4.69, 9.17) is 25.7 Å². The number of aromatic nitrogens is 2. The smallest absolute Gasteiger partial charge is 0.351 e. The zero-order valence-electron chi connectivity index (χ0n) is 20.9. The topological polar surface area (TPSA) is 170 Å². The van der Waals surface area contributed by atoms with Crippen molar-refractivity contribution in [2.24, 2.45) is 5.73 Å². The van der Waals surface area contributed by atoms with Gasteiger partial charge in [0.15, 0.2) is 6.23 Å². The molecule has 36 heavy (non-hydrogen) atoms. The fourth-order valence-electron chi connectivity index (χ4n) is 3.65. The van der Waals surface area contributed by atoms with Crippen LogP contribution in [0.1, 0.15) is 39.8 Å². The molecule has 200 valence electrons. The van der Waals surface area contributed by atoms with E-state index in [-0.39, 0.29) is 25.2 Å². The van der Waals surface area contributed by atoms with Crippen molar-refractivity contribution in [1.82, 2.24) is 14.9 Å². The van der Waals surface area contributed by atoms with Crippen LogP contribution in [0.3, 0.4) is 0 Å². The van der Waals surface area contributed by atoms with Gasteiger partial charge in [0.05, 0.1) is 18.4 Å². The van der Waals surface area contributed by atoms with Gasteiger partial charge < -0.3 is 35.7 Å². The number of nitrogen functional groups attached to an aromatic ring is 1. The second-order valence-electron chi connectivity index (χ2n) is 8.77. The lowest BCUT2D eigenvalue weighted by Crippen LogP contribution is -2.45. The molecule has 0 amide bonds. The Kier molecular flexibility index (Phi) is 9.87. The first-order valence-electron chi connectivity index (χ1n) is 11.2. The molecule has 5 N–H and O–H groups in total. The van der Waals surface area contributed by atoms with Crippen molar-refractivity contribution in [3.8, 4) is 0 Å². The number of hydrogen-bond donors (Lipinski definition) is 3. The molecule has 1 saturated heterocycles. The second-order valence-corrected chi connectivity index (χ2v) is 8.77. The standard InChI is InChI=1S/C23H34FN5O7/c1-6-7-14(2)35-19(16(30)8-10-27-15(3)18(31)33-5)34-13-23(24)12-22(4,26)20(36-23)29-11-9-17(25)28-21(29)32/h6-7,9,11,15,19-20,27H,1,8,10,12-13,26H2,2-5H3,(H2,25,28,32). The van der Waals surface area contributed by atoms with Gasteiger partial charge in [-0.3, -0.25) is 14.2 Å². The van der Waals surface area contributed by atoms with E-state index in [1.165, 1.54) is 38.4 Å². The lowest BCUT2D eigenvalue weighted by Gasteiger charge is -2.26. The SMILES string of the molecule is C=CC=C(C)OC(OCC1(F)CC(C)(N)C(n2ccc(N)nc2=O)O1)C(=O)CCNC(C)C(=O)OC. The number of ether oxygens (including phenoxy) is 4. The van der Waals surface area contributed by atoms with Crippen molar-refractivity contribution in [3.05, 3.63) is 47.2 Å². The van der Waals surface area contributed by atoms with E-state index < -0.39 is 54.0 Å². The number of rotatable bonds is 13. The number of carbonyl (C=O) groups excluding carboxylic acids is 2. The Hall–Kier alpha value is -3.13. The maximum absolute atomic E-state index is 15.7. The van der Waals surface area contributed by atoms with Crippen molar-refractivity contribution in [1.29, 1.82) is 0 Å². The Morgan fingerprint density at radius 2 is 2.19 bits per heavy atom. The quantitative estimate of drug-likeness (QED) is 0.147. The summed E-state index contributed by atoms with van der Waals surface area (Å²) in [5.74, 6) is -3.13. The zero-order valence-corrected chi connectivity index (χ0v) is 20.9. The number of nitrogens with one attached hydrogen (secondary N) is 1. The van der Waals surface area contributed by atoms with Gasteiger partial charge in [0.2, 0.25) is 11.6 Å². The summed E-state index contributed by atoms with van der Waals surface area (Å²) in [6.07, 6.45) is 1.17. The predicted molar refractivity (Wildman–Crippen MR) is 128 cm³/mol. The molecule has 1 aliphatic heterocycles. The van der Waals surface area contributed by atoms with Crippen molar-refractivity contribution in [2.75, 3.05) is 26.0 Å². The van der Waals surface area contributed by atoms with E-state index >= 15 is 4.39 Å². The van der Waals surface area contributed by atoms with Crippen LogP contribution in [0.5, 0.6) is 0 Å². The Labute approximate surface area is 208 Å². The van der Waals surface area contributed by atoms with E-state index in [0.29, 0.717) is 5.76 Å². The summed E-state index contributed by atoms with van der Waals surface area (Å²) in [4.78, 5) is 40.2. The maximum atomic E-state index is 15.7.